The van der Waals surface area contributed by atoms with E-state index in [1.165, 1.54) is 29.9 Å². The van der Waals surface area contributed by atoms with Gasteiger partial charge in [0.1, 0.15) is 10.8 Å². The molecule has 1 aliphatic rings. The molecule has 1 fully saturated rings. The monoisotopic (exact) mass is 399 g/mol. The van der Waals surface area contributed by atoms with Crippen molar-refractivity contribution in [3.05, 3.63) is 45.7 Å². The number of carbonyl (C=O) groups excluding carboxylic acids is 1. The summed E-state index contributed by atoms with van der Waals surface area (Å²) in [5.74, 6) is -0.540. The summed E-state index contributed by atoms with van der Waals surface area (Å²) < 4.78 is 12.9. The van der Waals surface area contributed by atoms with Crippen LogP contribution in [0, 0.1) is 5.82 Å². The Bertz CT molecular complexity index is 711. The lowest BCUT2D eigenvalue weighted by Crippen LogP contribution is -2.43. The number of likely N-dealkylation sites (tertiary alicyclic amines) is 1. The number of aromatic nitrogens is 2. The van der Waals surface area contributed by atoms with E-state index in [-0.39, 0.29) is 24.1 Å². The number of nitrogens with zero attached hydrogens (tertiary/aromatic N) is 3. The Morgan fingerprint density at radius 3 is 2.85 bits per heavy atom. The van der Waals surface area contributed by atoms with E-state index >= 15 is 0 Å². The SMILES string of the molecule is CNC1CCCN(Cc2nnc(C(=O)NCc3ccc(F)cc3)s2)C1.Cl. The highest BCUT2D eigenvalue weighted by atomic mass is 35.5. The Morgan fingerprint density at radius 2 is 2.12 bits per heavy atom. The molecule has 1 aliphatic heterocycles. The van der Waals surface area contributed by atoms with Crippen LogP contribution in [0.25, 0.3) is 0 Å². The molecular weight excluding hydrogens is 377 g/mol. The van der Waals surface area contributed by atoms with Crippen molar-refractivity contribution in [2.45, 2.75) is 32.0 Å². The summed E-state index contributed by atoms with van der Waals surface area (Å²) in [5.41, 5.74) is 0.839. The third kappa shape index (κ3) is 5.70. The molecule has 3 rings (SSSR count). The highest BCUT2D eigenvalue weighted by molar-refractivity contribution is 7.13. The van der Waals surface area contributed by atoms with Crippen LogP contribution in [-0.2, 0) is 13.1 Å². The molecule has 2 aromatic rings. The van der Waals surface area contributed by atoms with Gasteiger partial charge in [-0.15, -0.1) is 22.6 Å². The van der Waals surface area contributed by atoms with Gasteiger partial charge >= 0.3 is 0 Å². The van der Waals surface area contributed by atoms with E-state index in [2.05, 4.69) is 25.7 Å². The normalized spacial score (nSPS) is 17.5. The Hall–Kier alpha value is -1.61. The van der Waals surface area contributed by atoms with Crippen LogP contribution in [0.5, 0.6) is 0 Å². The first-order valence-corrected chi connectivity index (χ1v) is 9.20. The molecule has 0 aliphatic carbocycles. The lowest BCUT2D eigenvalue weighted by molar-refractivity contribution is 0.0950. The zero-order valence-corrected chi connectivity index (χ0v) is 16.2. The standard InChI is InChI=1S/C17H22FN5OS.ClH/c1-19-14-3-2-8-23(10-14)11-15-21-22-17(25-15)16(24)20-9-12-4-6-13(18)7-5-12;/h4-7,14,19H,2-3,8-11H2,1H3,(H,20,24);1H. The van der Waals surface area contributed by atoms with Gasteiger partial charge in [-0.1, -0.05) is 23.5 Å². The third-order valence-corrected chi connectivity index (χ3v) is 5.21. The van der Waals surface area contributed by atoms with Crippen molar-refractivity contribution >= 4 is 29.7 Å². The quantitative estimate of drug-likeness (QED) is 0.779. The molecule has 142 valence electrons. The fourth-order valence-electron chi connectivity index (χ4n) is 2.90. The summed E-state index contributed by atoms with van der Waals surface area (Å²) in [5, 5.41) is 15.5. The molecule has 26 heavy (non-hydrogen) atoms. The number of hydrogen-bond donors (Lipinski definition) is 2. The smallest absolute Gasteiger partial charge is 0.282 e. The van der Waals surface area contributed by atoms with Crippen LogP contribution in [0.3, 0.4) is 0 Å². The van der Waals surface area contributed by atoms with Gasteiger partial charge in [0.05, 0.1) is 6.54 Å². The topological polar surface area (TPSA) is 70.1 Å². The second-order valence-corrected chi connectivity index (χ2v) is 7.24. The zero-order valence-electron chi connectivity index (χ0n) is 14.6. The molecule has 0 bridgehead atoms. The molecule has 2 N–H and O–H groups in total. The molecule has 9 heteroatoms. The van der Waals surface area contributed by atoms with Gasteiger partial charge in [-0.2, -0.15) is 0 Å². The average molecular weight is 400 g/mol. The number of rotatable bonds is 6. The van der Waals surface area contributed by atoms with Gasteiger partial charge in [0.2, 0.25) is 5.01 Å². The van der Waals surface area contributed by atoms with Crippen LogP contribution in [0.1, 0.15) is 33.2 Å². The predicted octanol–water partition coefficient (Wildman–Crippen LogP) is 2.21. The molecule has 1 aromatic heterocycles. The molecule has 0 radical (unpaired) electrons. The molecule has 1 saturated heterocycles. The minimum Gasteiger partial charge on any atom is -0.346 e. The second kappa shape index (κ2) is 9.91. The minimum absolute atomic E-state index is 0. The van der Waals surface area contributed by atoms with E-state index in [1.807, 2.05) is 7.05 Å². The second-order valence-electron chi connectivity index (χ2n) is 6.17. The summed E-state index contributed by atoms with van der Waals surface area (Å²) in [7, 11) is 1.99. The first kappa shape index (κ1) is 20.7. The highest BCUT2D eigenvalue weighted by Gasteiger charge is 2.20. The Labute approximate surface area is 162 Å². The van der Waals surface area contributed by atoms with E-state index in [0.717, 1.165) is 36.6 Å². The van der Waals surface area contributed by atoms with E-state index in [1.54, 1.807) is 12.1 Å². The van der Waals surface area contributed by atoms with E-state index in [0.29, 0.717) is 17.6 Å². The zero-order chi connectivity index (χ0) is 17.6. The largest absolute Gasteiger partial charge is 0.346 e. The van der Waals surface area contributed by atoms with Crippen LogP contribution in [0.2, 0.25) is 0 Å². The molecule has 0 saturated carbocycles. The average Bonchev–Trinajstić information content (AvgIpc) is 3.09. The van der Waals surface area contributed by atoms with Crippen molar-refractivity contribution in [1.82, 2.24) is 25.7 Å². The van der Waals surface area contributed by atoms with Gasteiger partial charge in [-0.05, 0) is 44.1 Å². The van der Waals surface area contributed by atoms with Crippen molar-refractivity contribution in [3.8, 4) is 0 Å². The summed E-state index contributed by atoms with van der Waals surface area (Å²) in [4.78, 5) is 14.5. The number of benzene rings is 1. The van der Waals surface area contributed by atoms with Crippen molar-refractivity contribution in [1.29, 1.82) is 0 Å². The number of nitrogens with one attached hydrogen (secondary N) is 2. The first-order valence-electron chi connectivity index (χ1n) is 8.38. The van der Waals surface area contributed by atoms with Crippen molar-refractivity contribution in [3.63, 3.8) is 0 Å². The molecule has 6 nitrogen and oxygen atoms in total. The summed E-state index contributed by atoms with van der Waals surface area (Å²) in [6.45, 7) is 3.09. The number of piperidine rings is 1. The number of carbonyl (C=O) groups is 1. The fourth-order valence-corrected chi connectivity index (χ4v) is 3.69. The van der Waals surface area contributed by atoms with Gasteiger partial charge in [0.25, 0.3) is 5.91 Å². The van der Waals surface area contributed by atoms with Gasteiger partial charge in [0, 0.05) is 19.1 Å². The van der Waals surface area contributed by atoms with E-state index in [4.69, 9.17) is 0 Å². The Balaban J connectivity index is 0.00000243. The predicted molar refractivity (Wildman–Crippen MR) is 102 cm³/mol. The Morgan fingerprint density at radius 1 is 1.35 bits per heavy atom. The lowest BCUT2D eigenvalue weighted by Gasteiger charge is -2.31. The molecule has 1 amide bonds. The van der Waals surface area contributed by atoms with Gasteiger partial charge in [0.15, 0.2) is 0 Å². The van der Waals surface area contributed by atoms with E-state index < -0.39 is 0 Å². The first-order chi connectivity index (χ1) is 12.1. The van der Waals surface area contributed by atoms with Crippen LogP contribution >= 0.6 is 23.7 Å². The molecule has 2 heterocycles. The van der Waals surface area contributed by atoms with Gasteiger partial charge in [-0.3, -0.25) is 9.69 Å². The summed E-state index contributed by atoms with van der Waals surface area (Å²) in [6.07, 6.45) is 2.36. The summed E-state index contributed by atoms with van der Waals surface area (Å²) in [6, 6.07) is 6.56. The number of amides is 1. The van der Waals surface area contributed by atoms with Gasteiger partial charge < -0.3 is 10.6 Å². The maximum absolute atomic E-state index is 12.9. The molecule has 1 atom stereocenters. The van der Waals surface area contributed by atoms with Crippen LogP contribution in [-0.4, -0.2) is 47.2 Å². The van der Waals surface area contributed by atoms with Crippen LogP contribution < -0.4 is 10.6 Å². The van der Waals surface area contributed by atoms with Crippen molar-refractivity contribution < 1.29 is 9.18 Å². The van der Waals surface area contributed by atoms with Gasteiger partial charge in [-0.25, -0.2) is 4.39 Å². The van der Waals surface area contributed by atoms with Crippen LogP contribution in [0.4, 0.5) is 4.39 Å². The maximum atomic E-state index is 12.9. The number of hydrogen-bond acceptors (Lipinski definition) is 6. The fraction of sp³-hybridized carbons (Fsp3) is 0.471. The Kier molecular flexibility index (Phi) is 7.89. The van der Waals surface area contributed by atoms with E-state index in [9.17, 15) is 9.18 Å². The summed E-state index contributed by atoms with van der Waals surface area (Å²) >= 11 is 1.32. The number of likely N-dealkylation sites (N-methyl/N-ethyl adjacent to an activating group) is 1. The lowest BCUT2D eigenvalue weighted by atomic mass is 10.1. The molecular formula is C17H23ClFN5OS. The van der Waals surface area contributed by atoms with Crippen molar-refractivity contribution in [2.24, 2.45) is 0 Å². The minimum atomic E-state index is -0.290. The molecule has 0 spiro atoms. The number of halogens is 2. The molecule has 1 aromatic carbocycles. The van der Waals surface area contributed by atoms with Crippen molar-refractivity contribution in [2.75, 3.05) is 20.1 Å². The molecule has 1 unspecified atom stereocenters. The highest BCUT2D eigenvalue weighted by Crippen LogP contribution is 2.16. The maximum Gasteiger partial charge on any atom is 0.282 e. The third-order valence-electron chi connectivity index (χ3n) is 4.30. The van der Waals surface area contributed by atoms with Crippen LogP contribution in [0.15, 0.2) is 24.3 Å².